The maximum atomic E-state index is 13.1. The van der Waals surface area contributed by atoms with Gasteiger partial charge in [-0.2, -0.15) is 9.28 Å². The Kier molecular flexibility index (Phi) is 4.96. The number of amides is 1. The third kappa shape index (κ3) is 3.20. The average Bonchev–Trinajstić information content (AvgIpc) is 2.85. The summed E-state index contributed by atoms with van der Waals surface area (Å²) in [5, 5.41) is 10.6. The first-order valence-corrected chi connectivity index (χ1v) is 10.1. The van der Waals surface area contributed by atoms with Crippen LogP contribution in [0.1, 0.15) is 71.9 Å². The fourth-order valence-electron chi connectivity index (χ4n) is 4.73. The number of fused-ring (bicyclic) bond motifs is 1. The van der Waals surface area contributed by atoms with Crippen molar-refractivity contribution in [1.82, 2.24) is 0 Å². The Labute approximate surface area is 162 Å². The molecule has 150 valence electrons. The Morgan fingerprint density at radius 3 is 2.44 bits per heavy atom. The van der Waals surface area contributed by atoms with Gasteiger partial charge in [0.2, 0.25) is 0 Å². The molecule has 27 heavy (non-hydrogen) atoms. The molecule has 1 amide bonds. The summed E-state index contributed by atoms with van der Waals surface area (Å²) >= 11 is 0. The molecule has 5 nitrogen and oxygen atoms in total. The predicted octanol–water partition coefficient (Wildman–Crippen LogP) is 4.84. The molecule has 1 aromatic rings. The summed E-state index contributed by atoms with van der Waals surface area (Å²) in [5.74, 6) is 1.07. The maximum Gasteiger partial charge on any atom is 0.519 e. The fraction of sp³-hybridized carbons (Fsp3) is 0.682. The van der Waals surface area contributed by atoms with Crippen molar-refractivity contribution in [1.29, 1.82) is 0 Å². The molecule has 2 heterocycles. The van der Waals surface area contributed by atoms with E-state index in [1.54, 1.807) is 0 Å². The van der Waals surface area contributed by atoms with Gasteiger partial charge >= 0.3 is 6.09 Å². The lowest BCUT2D eigenvalue weighted by Gasteiger charge is -2.44. The van der Waals surface area contributed by atoms with Crippen LogP contribution in [0.4, 0.5) is 4.79 Å². The van der Waals surface area contributed by atoms with Gasteiger partial charge in [0.05, 0.1) is 25.1 Å². The van der Waals surface area contributed by atoms with Crippen LogP contribution in [0.15, 0.2) is 12.1 Å². The van der Waals surface area contributed by atoms with E-state index in [-0.39, 0.29) is 22.2 Å². The zero-order chi connectivity index (χ0) is 20.0. The summed E-state index contributed by atoms with van der Waals surface area (Å²) in [6.07, 6.45) is 2.58. The smallest absolute Gasteiger partial charge is 0.508 e. The minimum absolute atomic E-state index is 0.191. The van der Waals surface area contributed by atoms with Crippen LogP contribution < -0.4 is 4.74 Å². The zero-order valence-electron chi connectivity index (χ0n) is 17.6. The van der Waals surface area contributed by atoms with E-state index in [0.717, 1.165) is 49.2 Å². The Morgan fingerprint density at radius 1 is 1.26 bits per heavy atom. The summed E-state index contributed by atoms with van der Waals surface area (Å²) in [6.45, 7) is 14.1. The molecular formula is C22H34NO4+. The molecule has 1 unspecified atom stereocenters. The first-order chi connectivity index (χ1) is 12.5. The second kappa shape index (κ2) is 6.69. The van der Waals surface area contributed by atoms with Crippen molar-refractivity contribution >= 4 is 6.09 Å². The largest absolute Gasteiger partial charge is 0.519 e. The molecule has 1 atom stereocenters. The van der Waals surface area contributed by atoms with Crippen LogP contribution in [0.25, 0.3) is 0 Å². The predicted molar refractivity (Wildman–Crippen MR) is 105 cm³/mol. The second-order valence-electron chi connectivity index (χ2n) is 9.55. The number of piperidine rings is 1. The SMILES string of the molecule is CCOC(=O)[N+]1(C2Oc3cc(C(C)(C)C)c(O)cc3C2(C)C)CCCCC1. The first kappa shape index (κ1) is 20.0. The number of hydrogen-bond acceptors (Lipinski definition) is 4. The highest BCUT2D eigenvalue weighted by Crippen LogP contribution is 2.50. The summed E-state index contributed by atoms with van der Waals surface area (Å²) in [4.78, 5) is 13.1. The Hall–Kier alpha value is -1.75. The van der Waals surface area contributed by atoms with Gasteiger partial charge in [-0.05, 0) is 57.6 Å². The number of aromatic hydroxyl groups is 1. The van der Waals surface area contributed by atoms with Gasteiger partial charge in [0.15, 0.2) is 0 Å². The highest BCUT2D eigenvalue weighted by molar-refractivity contribution is 5.61. The second-order valence-corrected chi connectivity index (χ2v) is 9.55. The van der Waals surface area contributed by atoms with Crippen LogP contribution in [0.5, 0.6) is 11.5 Å². The number of carbonyl (C=O) groups is 1. The lowest BCUT2D eigenvalue weighted by Crippen LogP contribution is -2.67. The number of carbonyl (C=O) groups excluding carboxylic acids is 1. The van der Waals surface area contributed by atoms with E-state index in [0.29, 0.717) is 12.4 Å². The van der Waals surface area contributed by atoms with Crippen LogP contribution >= 0.6 is 0 Å². The molecule has 0 spiro atoms. The van der Waals surface area contributed by atoms with Crippen LogP contribution in [0.3, 0.4) is 0 Å². The third-order valence-corrected chi connectivity index (χ3v) is 6.15. The summed E-state index contributed by atoms with van der Waals surface area (Å²) in [7, 11) is 0. The van der Waals surface area contributed by atoms with E-state index in [9.17, 15) is 9.90 Å². The number of nitrogens with zero attached hydrogens (tertiary/aromatic N) is 1. The van der Waals surface area contributed by atoms with Gasteiger partial charge in [0.1, 0.15) is 11.5 Å². The monoisotopic (exact) mass is 376 g/mol. The molecule has 5 heteroatoms. The molecule has 0 bridgehead atoms. The summed E-state index contributed by atoms with van der Waals surface area (Å²) in [6, 6.07) is 3.79. The molecule has 3 rings (SSSR count). The molecular weight excluding hydrogens is 342 g/mol. The quantitative estimate of drug-likeness (QED) is 0.750. The van der Waals surface area contributed by atoms with Crippen LogP contribution in [-0.4, -0.2) is 41.6 Å². The van der Waals surface area contributed by atoms with Crippen molar-refractivity contribution in [2.45, 2.75) is 77.9 Å². The standard InChI is InChI=1S/C22H33NO4/c1-7-26-20(25)23(11-9-8-10-12-23)19-22(5,6)16-13-17(24)15(21(2,3)4)14-18(16)27-19/h13-14,19H,7-12H2,1-6H3/p+1. The molecule has 0 aliphatic carbocycles. The molecule has 1 saturated heterocycles. The normalized spacial score (nSPS) is 23.4. The van der Waals surface area contributed by atoms with Gasteiger partial charge in [0.25, 0.3) is 6.23 Å². The summed E-state index contributed by atoms with van der Waals surface area (Å²) in [5.41, 5.74) is 1.22. The van der Waals surface area contributed by atoms with Gasteiger partial charge in [-0.15, -0.1) is 0 Å². The van der Waals surface area contributed by atoms with Gasteiger partial charge in [-0.3, -0.25) is 0 Å². The lowest BCUT2D eigenvalue weighted by atomic mass is 9.79. The minimum atomic E-state index is -0.409. The average molecular weight is 377 g/mol. The van der Waals surface area contributed by atoms with Crippen molar-refractivity contribution in [2.75, 3.05) is 19.7 Å². The first-order valence-electron chi connectivity index (χ1n) is 10.1. The maximum absolute atomic E-state index is 13.1. The number of phenolic OH excluding ortho intramolecular Hbond substituents is 1. The molecule has 1 N–H and O–H groups in total. The number of phenols is 1. The molecule has 2 aliphatic rings. The van der Waals surface area contributed by atoms with Gasteiger partial charge in [0, 0.05) is 11.1 Å². The van der Waals surface area contributed by atoms with Gasteiger partial charge in [-0.1, -0.05) is 20.8 Å². The van der Waals surface area contributed by atoms with E-state index in [2.05, 4.69) is 34.6 Å². The molecule has 0 saturated carbocycles. The van der Waals surface area contributed by atoms with Crippen LogP contribution in [0.2, 0.25) is 0 Å². The number of quaternary nitrogens is 1. The Balaban J connectivity index is 2.07. The van der Waals surface area contributed by atoms with Crippen molar-refractivity contribution in [3.05, 3.63) is 23.3 Å². The molecule has 0 radical (unpaired) electrons. The molecule has 0 aromatic heterocycles. The van der Waals surface area contributed by atoms with E-state index < -0.39 is 5.41 Å². The van der Waals surface area contributed by atoms with Crippen molar-refractivity contribution < 1.29 is 23.9 Å². The zero-order valence-corrected chi connectivity index (χ0v) is 17.6. The van der Waals surface area contributed by atoms with E-state index >= 15 is 0 Å². The molecule has 1 fully saturated rings. The number of benzene rings is 1. The number of hydrogen-bond donors (Lipinski definition) is 1. The highest BCUT2D eigenvalue weighted by atomic mass is 16.6. The molecule has 2 aliphatic heterocycles. The van der Waals surface area contributed by atoms with Crippen molar-refractivity contribution in [2.24, 2.45) is 0 Å². The minimum Gasteiger partial charge on any atom is -0.508 e. The van der Waals surface area contributed by atoms with Crippen molar-refractivity contribution in [3.8, 4) is 11.5 Å². The number of rotatable bonds is 2. The van der Waals surface area contributed by atoms with Crippen molar-refractivity contribution in [3.63, 3.8) is 0 Å². The lowest BCUT2D eigenvalue weighted by molar-refractivity contribution is -0.909. The molecule has 1 aromatic carbocycles. The highest BCUT2D eigenvalue weighted by Gasteiger charge is 2.59. The van der Waals surface area contributed by atoms with E-state index in [4.69, 9.17) is 9.47 Å². The number of ether oxygens (including phenoxy) is 2. The van der Waals surface area contributed by atoms with Crippen LogP contribution in [-0.2, 0) is 15.6 Å². The summed E-state index contributed by atoms with van der Waals surface area (Å²) < 4.78 is 12.2. The van der Waals surface area contributed by atoms with E-state index in [1.165, 1.54) is 0 Å². The van der Waals surface area contributed by atoms with Crippen LogP contribution in [0, 0.1) is 0 Å². The number of likely N-dealkylation sites (tertiary alicyclic amines) is 1. The third-order valence-electron chi connectivity index (χ3n) is 6.15. The van der Waals surface area contributed by atoms with E-state index in [1.807, 2.05) is 19.1 Å². The van der Waals surface area contributed by atoms with Gasteiger partial charge in [-0.25, -0.2) is 0 Å². The fourth-order valence-corrected chi connectivity index (χ4v) is 4.73. The topological polar surface area (TPSA) is 55.8 Å². The Bertz CT molecular complexity index is 727. The van der Waals surface area contributed by atoms with Gasteiger partial charge < -0.3 is 14.6 Å². The Morgan fingerprint density at radius 2 is 1.89 bits per heavy atom.